The molecule has 0 rings (SSSR count). The summed E-state index contributed by atoms with van der Waals surface area (Å²) < 4.78 is 26.4. The van der Waals surface area contributed by atoms with Crippen LogP contribution < -0.4 is 0 Å². The third-order valence-corrected chi connectivity index (χ3v) is 2.61. The zero-order valence-corrected chi connectivity index (χ0v) is 8.77. The Morgan fingerprint density at radius 2 is 2.00 bits per heavy atom. The summed E-state index contributed by atoms with van der Waals surface area (Å²) in [5.74, 6) is 0.268. The number of hydrogen-bond donors (Lipinski definition) is 1. The van der Waals surface area contributed by atoms with E-state index in [4.69, 9.17) is 4.89 Å². The molecule has 0 amide bonds. The van der Waals surface area contributed by atoms with Gasteiger partial charge in [-0.05, 0) is 11.3 Å². The predicted octanol–water partition coefficient (Wildman–Crippen LogP) is 2.76. The van der Waals surface area contributed by atoms with Crippen molar-refractivity contribution in [1.82, 2.24) is 0 Å². The smallest absolute Gasteiger partial charge is 0.299 e. The van der Waals surface area contributed by atoms with E-state index < -0.39 is 7.91 Å². The summed E-state index contributed by atoms with van der Waals surface area (Å²) in [5, 5.41) is 0. The Labute approximate surface area is 72.6 Å². The standard InChI is InChI=1S/C7H16FO3P/c1-6(2)7(3,4)5-11-12(8,9)10/h6H,5H2,1-4H3,(H,9,10). The average Bonchev–Trinajstić information content (AvgIpc) is 1.82. The van der Waals surface area contributed by atoms with Gasteiger partial charge in [-0.15, -0.1) is 4.20 Å². The molecular weight excluding hydrogens is 182 g/mol. The van der Waals surface area contributed by atoms with Crippen molar-refractivity contribution >= 4 is 7.91 Å². The van der Waals surface area contributed by atoms with Crippen molar-refractivity contribution < 1.29 is 18.2 Å². The molecule has 0 aliphatic heterocycles. The van der Waals surface area contributed by atoms with Gasteiger partial charge in [-0.1, -0.05) is 27.7 Å². The van der Waals surface area contributed by atoms with Crippen LogP contribution >= 0.6 is 7.91 Å². The van der Waals surface area contributed by atoms with Gasteiger partial charge >= 0.3 is 7.91 Å². The Balaban J connectivity index is 4.01. The molecule has 0 saturated heterocycles. The fourth-order valence-electron chi connectivity index (χ4n) is 0.413. The van der Waals surface area contributed by atoms with E-state index in [9.17, 15) is 8.76 Å². The molecule has 0 aliphatic rings. The minimum Gasteiger partial charge on any atom is -0.299 e. The fourth-order valence-corrected chi connectivity index (χ4v) is 0.905. The van der Waals surface area contributed by atoms with Gasteiger partial charge in [0.1, 0.15) is 0 Å². The lowest BCUT2D eigenvalue weighted by Gasteiger charge is -2.28. The van der Waals surface area contributed by atoms with E-state index in [-0.39, 0.29) is 17.9 Å². The summed E-state index contributed by atoms with van der Waals surface area (Å²) in [6.07, 6.45) is 0. The minimum atomic E-state index is -4.80. The molecule has 1 N–H and O–H groups in total. The highest BCUT2D eigenvalue weighted by molar-refractivity contribution is 7.46. The lowest BCUT2D eigenvalue weighted by atomic mass is 9.82. The summed E-state index contributed by atoms with van der Waals surface area (Å²) in [7, 11) is -4.80. The first-order valence-corrected chi connectivity index (χ1v) is 5.29. The van der Waals surface area contributed by atoms with E-state index in [1.165, 1.54) is 0 Å². The topological polar surface area (TPSA) is 46.5 Å². The van der Waals surface area contributed by atoms with Gasteiger partial charge in [0.05, 0.1) is 6.61 Å². The second-order valence-corrected chi connectivity index (χ2v) is 5.03. The van der Waals surface area contributed by atoms with E-state index in [0.717, 1.165) is 0 Å². The molecule has 74 valence electrons. The molecule has 0 bridgehead atoms. The number of rotatable bonds is 4. The molecule has 0 heterocycles. The van der Waals surface area contributed by atoms with Gasteiger partial charge in [0.2, 0.25) is 0 Å². The Bertz CT molecular complexity index is 185. The molecule has 0 fully saturated rings. The summed E-state index contributed by atoms with van der Waals surface area (Å²) in [4.78, 5) is 8.23. The lowest BCUT2D eigenvalue weighted by molar-refractivity contribution is 0.107. The summed E-state index contributed by atoms with van der Waals surface area (Å²) >= 11 is 0. The first-order valence-electron chi connectivity index (χ1n) is 3.82. The van der Waals surface area contributed by atoms with Crippen LogP contribution in [0, 0.1) is 11.3 Å². The summed E-state index contributed by atoms with van der Waals surface area (Å²) in [6.45, 7) is 7.56. The van der Waals surface area contributed by atoms with Gasteiger partial charge in [-0.2, -0.15) is 0 Å². The van der Waals surface area contributed by atoms with Crippen molar-refractivity contribution in [1.29, 1.82) is 0 Å². The van der Waals surface area contributed by atoms with Gasteiger partial charge < -0.3 is 0 Å². The van der Waals surface area contributed by atoms with Gasteiger partial charge in [-0.25, -0.2) is 4.57 Å². The predicted molar refractivity (Wildman–Crippen MR) is 45.5 cm³/mol. The highest BCUT2D eigenvalue weighted by Crippen LogP contribution is 2.45. The molecular formula is C7H16FO3P. The van der Waals surface area contributed by atoms with E-state index in [2.05, 4.69) is 4.52 Å². The van der Waals surface area contributed by atoms with Crippen LogP contribution in [0.1, 0.15) is 27.7 Å². The second-order valence-electron chi connectivity index (χ2n) is 3.87. The molecule has 12 heavy (non-hydrogen) atoms. The second kappa shape index (κ2) is 3.86. The molecule has 5 heteroatoms. The first kappa shape index (κ1) is 12.1. The SMILES string of the molecule is CC(C)C(C)(C)COP(=O)(O)F. The van der Waals surface area contributed by atoms with Crippen LogP contribution in [0.4, 0.5) is 4.20 Å². The zero-order chi connectivity index (χ0) is 9.99. The van der Waals surface area contributed by atoms with E-state index in [0.29, 0.717) is 0 Å². The van der Waals surface area contributed by atoms with Crippen LogP contribution in [0.2, 0.25) is 0 Å². The summed E-state index contributed by atoms with van der Waals surface area (Å²) in [6, 6.07) is 0. The fraction of sp³-hybridized carbons (Fsp3) is 1.00. The van der Waals surface area contributed by atoms with Gasteiger partial charge in [0.15, 0.2) is 0 Å². The molecule has 0 saturated carbocycles. The Kier molecular flexibility index (Phi) is 3.88. The van der Waals surface area contributed by atoms with Crippen molar-refractivity contribution in [3.05, 3.63) is 0 Å². The van der Waals surface area contributed by atoms with Crippen molar-refractivity contribution in [2.75, 3.05) is 6.61 Å². The summed E-state index contributed by atoms with van der Waals surface area (Å²) in [5.41, 5.74) is -0.287. The van der Waals surface area contributed by atoms with Gasteiger partial charge in [0.25, 0.3) is 0 Å². The quantitative estimate of drug-likeness (QED) is 0.706. The molecule has 0 radical (unpaired) electrons. The third-order valence-electron chi connectivity index (χ3n) is 2.16. The Morgan fingerprint density at radius 1 is 1.58 bits per heavy atom. The molecule has 3 nitrogen and oxygen atoms in total. The molecule has 1 unspecified atom stereocenters. The van der Waals surface area contributed by atoms with Crippen molar-refractivity contribution in [3.63, 3.8) is 0 Å². The first-order chi connectivity index (χ1) is 5.15. The lowest BCUT2D eigenvalue weighted by Crippen LogP contribution is -2.24. The van der Waals surface area contributed by atoms with Crippen molar-refractivity contribution in [2.24, 2.45) is 11.3 Å². The third kappa shape index (κ3) is 4.86. The van der Waals surface area contributed by atoms with Crippen LogP contribution in [0.25, 0.3) is 0 Å². The molecule has 0 aliphatic carbocycles. The Morgan fingerprint density at radius 3 is 2.25 bits per heavy atom. The zero-order valence-electron chi connectivity index (χ0n) is 7.87. The van der Waals surface area contributed by atoms with Crippen molar-refractivity contribution in [2.45, 2.75) is 27.7 Å². The van der Waals surface area contributed by atoms with Crippen LogP contribution in [-0.2, 0) is 9.09 Å². The molecule has 0 aromatic heterocycles. The Hall–Kier alpha value is 0.0800. The number of hydrogen-bond acceptors (Lipinski definition) is 2. The van der Waals surface area contributed by atoms with Crippen molar-refractivity contribution in [3.8, 4) is 0 Å². The van der Waals surface area contributed by atoms with E-state index in [1.807, 2.05) is 27.7 Å². The molecule has 0 spiro atoms. The maximum atomic E-state index is 12.1. The number of halogens is 1. The van der Waals surface area contributed by atoms with Crippen LogP contribution in [0.3, 0.4) is 0 Å². The molecule has 0 aromatic rings. The van der Waals surface area contributed by atoms with E-state index >= 15 is 0 Å². The monoisotopic (exact) mass is 198 g/mol. The van der Waals surface area contributed by atoms with Gasteiger partial charge in [-0.3, -0.25) is 9.42 Å². The molecule has 0 aromatic carbocycles. The normalized spacial score (nSPS) is 17.9. The highest BCUT2D eigenvalue weighted by Gasteiger charge is 2.27. The maximum Gasteiger partial charge on any atom is 0.510 e. The minimum absolute atomic E-state index is 0.0467. The average molecular weight is 198 g/mol. The highest BCUT2D eigenvalue weighted by atomic mass is 31.2. The van der Waals surface area contributed by atoms with Crippen LogP contribution in [0.15, 0.2) is 0 Å². The van der Waals surface area contributed by atoms with Gasteiger partial charge in [0, 0.05) is 0 Å². The molecule has 1 atom stereocenters. The van der Waals surface area contributed by atoms with Crippen LogP contribution in [-0.4, -0.2) is 11.5 Å². The maximum absolute atomic E-state index is 12.1. The van der Waals surface area contributed by atoms with E-state index in [1.54, 1.807) is 0 Å². The largest absolute Gasteiger partial charge is 0.510 e. The van der Waals surface area contributed by atoms with Crippen LogP contribution in [0.5, 0.6) is 0 Å².